The molecule has 8 heteroatoms. The smallest absolute Gasteiger partial charge is 0.321 e. The summed E-state index contributed by atoms with van der Waals surface area (Å²) in [6.07, 6.45) is 0.831. The summed E-state index contributed by atoms with van der Waals surface area (Å²) < 4.78 is 11.3. The van der Waals surface area contributed by atoms with E-state index >= 15 is 0 Å². The molecule has 1 aliphatic heterocycles. The lowest BCUT2D eigenvalue weighted by molar-refractivity contribution is 0.189. The molecule has 0 saturated carbocycles. The average Bonchev–Trinajstić information content (AvgIpc) is 3.06. The number of benzene rings is 1. The van der Waals surface area contributed by atoms with Gasteiger partial charge in [-0.3, -0.25) is 5.32 Å². The number of fused-ring (bicyclic) bond motifs is 1. The first kappa shape index (κ1) is 13.9. The van der Waals surface area contributed by atoms with E-state index in [0.717, 1.165) is 11.1 Å². The van der Waals surface area contributed by atoms with Crippen LogP contribution in [0.1, 0.15) is 6.42 Å². The van der Waals surface area contributed by atoms with Gasteiger partial charge in [0, 0.05) is 18.4 Å². The van der Waals surface area contributed by atoms with Crippen LogP contribution in [0.4, 0.5) is 15.6 Å². The Morgan fingerprint density at radius 2 is 2.43 bits per heavy atom. The zero-order valence-corrected chi connectivity index (χ0v) is 12.3. The summed E-state index contributed by atoms with van der Waals surface area (Å²) in [6, 6.07) is 3.30. The molecule has 2 aromatic rings. The molecule has 0 spiro atoms. The second-order valence-corrected chi connectivity index (χ2v) is 5.78. The number of amides is 2. The summed E-state index contributed by atoms with van der Waals surface area (Å²) in [5, 5.41) is 6.09. The Kier molecular flexibility index (Phi) is 3.80. The molecule has 1 fully saturated rings. The Bertz CT molecular complexity index is 667. The number of ether oxygens (including phenoxy) is 2. The van der Waals surface area contributed by atoms with E-state index in [2.05, 4.69) is 15.6 Å². The van der Waals surface area contributed by atoms with E-state index in [9.17, 15) is 4.79 Å². The molecule has 1 aliphatic rings. The fraction of sp³-hybridized carbons (Fsp3) is 0.385. The van der Waals surface area contributed by atoms with Crippen molar-refractivity contribution < 1.29 is 14.3 Å². The fourth-order valence-corrected chi connectivity index (χ4v) is 3.12. The molecule has 2 amide bonds. The third kappa shape index (κ3) is 3.01. The minimum Gasteiger partial charge on any atom is -0.494 e. The predicted molar refractivity (Wildman–Crippen MR) is 82.0 cm³/mol. The number of urea groups is 1. The largest absolute Gasteiger partial charge is 0.494 e. The second kappa shape index (κ2) is 5.74. The maximum atomic E-state index is 11.9. The highest BCUT2D eigenvalue weighted by atomic mass is 32.1. The van der Waals surface area contributed by atoms with Crippen LogP contribution in [0.25, 0.3) is 10.2 Å². The van der Waals surface area contributed by atoms with Crippen LogP contribution < -0.4 is 21.1 Å². The number of nitrogens with zero attached hydrogens (tertiary/aromatic N) is 1. The first-order chi connectivity index (χ1) is 10.2. The molecule has 112 valence electrons. The first-order valence-electron chi connectivity index (χ1n) is 6.55. The molecular formula is C13H16N4O3S. The highest BCUT2D eigenvalue weighted by Crippen LogP contribution is 2.34. The number of anilines is 2. The summed E-state index contributed by atoms with van der Waals surface area (Å²) in [5.74, 6) is 0.596. The zero-order valence-electron chi connectivity index (χ0n) is 11.5. The molecule has 1 aromatic carbocycles. The number of carbonyl (C=O) groups excluding carboxylic acids is 1. The molecule has 3 rings (SSSR count). The van der Waals surface area contributed by atoms with Gasteiger partial charge in [-0.15, -0.1) is 0 Å². The van der Waals surface area contributed by atoms with Gasteiger partial charge in [0.05, 0.1) is 24.5 Å². The molecule has 1 saturated heterocycles. The Labute approximate surface area is 125 Å². The third-order valence-electron chi connectivity index (χ3n) is 3.19. The van der Waals surface area contributed by atoms with E-state index in [4.69, 9.17) is 15.2 Å². The molecule has 0 bridgehead atoms. The molecule has 7 nitrogen and oxygen atoms in total. The van der Waals surface area contributed by atoms with Gasteiger partial charge in [-0.25, -0.2) is 9.78 Å². The van der Waals surface area contributed by atoms with Crippen molar-refractivity contribution in [2.45, 2.75) is 12.5 Å². The second-order valence-electron chi connectivity index (χ2n) is 4.75. The van der Waals surface area contributed by atoms with E-state index < -0.39 is 0 Å². The predicted octanol–water partition coefficient (Wildman–Crippen LogP) is 1.80. The molecule has 0 aliphatic carbocycles. The standard InChI is InChI=1S/C13H16N4O3S/c1-19-9-4-7(14)5-10-11(9)16-13(21-10)17-12(18)15-8-2-3-20-6-8/h4-5,8H,2-3,6,14H2,1H3,(H2,15,16,17,18). The number of nitrogens with two attached hydrogens (primary N) is 1. The van der Waals surface area contributed by atoms with Gasteiger partial charge in [-0.05, 0) is 12.5 Å². The minimum absolute atomic E-state index is 0.0598. The maximum Gasteiger partial charge on any atom is 0.321 e. The van der Waals surface area contributed by atoms with Gasteiger partial charge in [0.25, 0.3) is 0 Å². The Morgan fingerprint density at radius 1 is 1.57 bits per heavy atom. The number of carbonyl (C=O) groups is 1. The number of nitrogen functional groups attached to an aromatic ring is 1. The van der Waals surface area contributed by atoms with E-state index in [1.165, 1.54) is 11.3 Å². The van der Waals surface area contributed by atoms with Gasteiger partial charge < -0.3 is 20.5 Å². The molecule has 21 heavy (non-hydrogen) atoms. The zero-order chi connectivity index (χ0) is 14.8. The van der Waals surface area contributed by atoms with Crippen LogP contribution in [0.3, 0.4) is 0 Å². The molecule has 1 unspecified atom stereocenters. The van der Waals surface area contributed by atoms with E-state index in [1.807, 2.05) is 6.07 Å². The van der Waals surface area contributed by atoms with Crippen molar-refractivity contribution in [1.82, 2.24) is 10.3 Å². The van der Waals surface area contributed by atoms with Gasteiger partial charge in [0.15, 0.2) is 5.13 Å². The Morgan fingerprint density at radius 3 is 3.14 bits per heavy atom. The van der Waals surface area contributed by atoms with Crippen molar-refractivity contribution in [2.24, 2.45) is 0 Å². The number of rotatable bonds is 3. The van der Waals surface area contributed by atoms with Crippen LogP contribution in [0.5, 0.6) is 5.75 Å². The number of methoxy groups -OCH3 is 1. The number of nitrogens with one attached hydrogen (secondary N) is 2. The Hall–Kier alpha value is -2.06. The summed E-state index contributed by atoms with van der Waals surface area (Å²) in [4.78, 5) is 16.3. The van der Waals surface area contributed by atoms with Crippen LogP contribution in [0.15, 0.2) is 12.1 Å². The summed E-state index contributed by atoms with van der Waals surface area (Å²) >= 11 is 1.35. The van der Waals surface area contributed by atoms with Gasteiger partial charge in [-0.2, -0.15) is 0 Å². The molecule has 1 atom stereocenters. The lowest BCUT2D eigenvalue weighted by Gasteiger charge is -2.09. The summed E-state index contributed by atoms with van der Waals surface area (Å²) in [5.41, 5.74) is 7.10. The number of hydrogen-bond acceptors (Lipinski definition) is 6. The summed E-state index contributed by atoms with van der Waals surface area (Å²) in [6.45, 7) is 1.24. The molecule has 2 heterocycles. The van der Waals surface area contributed by atoms with Crippen molar-refractivity contribution in [3.8, 4) is 5.75 Å². The molecule has 4 N–H and O–H groups in total. The van der Waals surface area contributed by atoms with Crippen LogP contribution in [-0.4, -0.2) is 37.4 Å². The van der Waals surface area contributed by atoms with Gasteiger partial charge in [0.2, 0.25) is 0 Å². The number of aromatic nitrogens is 1. The van der Waals surface area contributed by atoms with E-state index in [1.54, 1.807) is 13.2 Å². The lowest BCUT2D eigenvalue weighted by Crippen LogP contribution is -2.38. The quantitative estimate of drug-likeness (QED) is 0.751. The van der Waals surface area contributed by atoms with Gasteiger partial charge in [0.1, 0.15) is 11.3 Å². The fourth-order valence-electron chi connectivity index (χ4n) is 2.20. The topological polar surface area (TPSA) is 98.5 Å². The first-order valence-corrected chi connectivity index (χ1v) is 7.36. The number of hydrogen-bond donors (Lipinski definition) is 3. The SMILES string of the molecule is COc1cc(N)cc2sc(NC(=O)NC3CCOC3)nc12. The molecule has 1 aromatic heterocycles. The van der Waals surface area contributed by atoms with Gasteiger partial charge >= 0.3 is 6.03 Å². The minimum atomic E-state index is -0.281. The normalized spacial score (nSPS) is 17.9. The molecule has 0 radical (unpaired) electrons. The van der Waals surface area contributed by atoms with E-state index in [0.29, 0.717) is 35.3 Å². The number of thiazole rings is 1. The van der Waals surface area contributed by atoms with Crippen molar-refractivity contribution >= 4 is 38.4 Å². The van der Waals surface area contributed by atoms with Gasteiger partial charge in [-0.1, -0.05) is 11.3 Å². The molecular weight excluding hydrogens is 292 g/mol. The third-order valence-corrected chi connectivity index (χ3v) is 4.11. The lowest BCUT2D eigenvalue weighted by atomic mass is 10.3. The van der Waals surface area contributed by atoms with Crippen LogP contribution in [0, 0.1) is 0 Å². The van der Waals surface area contributed by atoms with E-state index in [-0.39, 0.29) is 12.1 Å². The van der Waals surface area contributed by atoms with Crippen molar-refractivity contribution in [1.29, 1.82) is 0 Å². The highest BCUT2D eigenvalue weighted by molar-refractivity contribution is 7.22. The van der Waals surface area contributed by atoms with Crippen molar-refractivity contribution in [3.63, 3.8) is 0 Å². The van der Waals surface area contributed by atoms with Crippen molar-refractivity contribution in [2.75, 3.05) is 31.4 Å². The van der Waals surface area contributed by atoms with Crippen LogP contribution in [0.2, 0.25) is 0 Å². The Balaban J connectivity index is 1.76. The maximum absolute atomic E-state index is 11.9. The van der Waals surface area contributed by atoms with Crippen molar-refractivity contribution in [3.05, 3.63) is 12.1 Å². The average molecular weight is 308 g/mol. The van der Waals surface area contributed by atoms with Crippen LogP contribution >= 0.6 is 11.3 Å². The monoisotopic (exact) mass is 308 g/mol. The van der Waals surface area contributed by atoms with Crippen LogP contribution in [-0.2, 0) is 4.74 Å². The highest BCUT2D eigenvalue weighted by Gasteiger charge is 2.18. The summed E-state index contributed by atoms with van der Waals surface area (Å²) in [7, 11) is 1.56.